The minimum atomic E-state index is 0. The van der Waals surface area contributed by atoms with Crippen molar-refractivity contribution in [2.75, 3.05) is 0 Å². The van der Waals surface area contributed by atoms with Crippen molar-refractivity contribution in [3.05, 3.63) is 67.1 Å². The Balaban J connectivity index is 0.000000980. The Kier molecular flexibility index (Phi) is 6.32. The molecular weight excluding hydrogens is 257 g/mol. The van der Waals surface area contributed by atoms with E-state index >= 15 is 0 Å². The summed E-state index contributed by atoms with van der Waals surface area (Å²) >= 11 is 0. The van der Waals surface area contributed by atoms with Gasteiger partial charge in [-0.3, -0.25) is 0 Å². The van der Waals surface area contributed by atoms with E-state index in [0.29, 0.717) is 0 Å². The molecule has 2 aromatic carbocycles. The summed E-state index contributed by atoms with van der Waals surface area (Å²) in [6.45, 7) is 3.86. The Morgan fingerprint density at radius 1 is 0.667 bits per heavy atom. The van der Waals surface area contributed by atoms with Crippen molar-refractivity contribution < 1.29 is 31.9 Å². The van der Waals surface area contributed by atoms with Crippen LogP contribution in [-0.4, -0.2) is 0 Å². The van der Waals surface area contributed by atoms with Gasteiger partial charge in [0.15, 0.2) is 0 Å². The molecule has 0 saturated heterocycles. The Hall–Kier alpha value is -0.777. The SMILES string of the molecule is [CH2-]c1ccc(-c2ccccc2)cc1.[Cl-].[Zn+2]. The molecule has 0 nitrogen and oxygen atoms in total. The Bertz CT molecular complexity index is 381. The molecular formula is C13H11ClZn. The molecule has 0 fully saturated rings. The van der Waals surface area contributed by atoms with Gasteiger partial charge in [0.05, 0.1) is 0 Å². The fourth-order valence-corrected chi connectivity index (χ4v) is 1.33. The maximum absolute atomic E-state index is 3.86. The molecule has 0 N–H and O–H groups in total. The molecule has 2 aromatic rings. The summed E-state index contributed by atoms with van der Waals surface area (Å²) in [5.74, 6) is 0. The molecule has 0 amide bonds. The van der Waals surface area contributed by atoms with Crippen LogP contribution < -0.4 is 12.4 Å². The smallest absolute Gasteiger partial charge is 1.00 e. The Labute approximate surface area is 110 Å². The number of rotatable bonds is 1. The fourth-order valence-electron chi connectivity index (χ4n) is 1.33. The van der Waals surface area contributed by atoms with Crippen LogP contribution in [0.1, 0.15) is 5.56 Å². The van der Waals surface area contributed by atoms with E-state index in [0.717, 1.165) is 5.56 Å². The van der Waals surface area contributed by atoms with E-state index in [9.17, 15) is 0 Å². The molecule has 2 rings (SSSR count). The summed E-state index contributed by atoms with van der Waals surface area (Å²) in [4.78, 5) is 0. The molecule has 15 heavy (non-hydrogen) atoms. The Morgan fingerprint density at radius 3 is 1.67 bits per heavy atom. The Morgan fingerprint density at radius 2 is 1.13 bits per heavy atom. The molecule has 0 aliphatic rings. The molecule has 2 heteroatoms. The second-order valence-corrected chi connectivity index (χ2v) is 3.06. The van der Waals surface area contributed by atoms with Crippen molar-refractivity contribution in [1.29, 1.82) is 0 Å². The summed E-state index contributed by atoms with van der Waals surface area (Å²) in [5, 5.41) is 0. The quantitative estimate of drug-likeness (QED) is 0.523. The summed E-state index contributed by atoms with van der Waals surface area (Å²) in [6.07, 6.45) is 0. The van der Waals surface area contributed by atoms with Gasteiger partial charge in [0.2, 0.25) is 0 Å². The average molecular weight is 268 g/mol. The average Bonchev–Trinajstić information content (AvgIpc) is 2.20. The van der Waals surface area contributed by atoms with E-state index in [1.165, 1.54) is 11.1 Å². The molecule has 0 atom stereocenters. The van der Waals surface area contributed by atoms with Crippen molar-refractivity contribution in [3.8, 4) is 11.1 Å². The fraction of sp³-hybridized carbons (Fsp3) is 0. The van der Waals surface area contributed by atoms with Gasteiger partial charge in [-0.05, 0) is 11.1 Å². The maximum Gasteiger partial charge on any atom is 2.00 e. The van der Waals surface area contributed by atoms with Gasteiger partial charge in [0.25, 0.3) is 0 Å². The van der Waals surface area contributed by atoms with Gasteiger partial charge in [-0.2, -0.15) is 24.6 Å². The van der Waals surface area contributed by atoms with Crippen LogP contribution >= 0.6 is 0 Å². The summed E-state index contributed by atoms with van der Waals surface area (Å²) in [7, 11) is 0. The zero-order chi connectivity index (χ0) is 9.10. The molecule has 0 heterocycles. The predicted octanol–water partition coefficient (Wildman–Crippen LogP) is 0.537. The molecule has 0 saturated carbocycles. The summed E-state index contributed by atoms with van der Waals surface area (Å²) < 4.78 is 0. The molecule has 0 spiro atoms. The molecule has 0 radical (unpaired) electrons. The van der Waals surface area contributed by atoms with Gasteiger partial charge in [0, 0.05) is 0 Å². The van der Waals surface area contributed by atoms with Gasteiger partial charge >= 0.3 is 19.5 Å². The normalized spacial score (nSPS) is 8.53. The summed E-state index contributed by atoms with van der Waals surface area (Å²) in [6, 6.07) is 18.6. The first kappa shape index (κ1) is 14.2. The minimum absolute atomic E-state index is 0. The van der Waals surface area contributed by atoms with Crippen LogP contribution in [0.25, 0.3) is 11.1 Å². The standard InChI is InChI=1S/C13H11.ClH.Zn/c1-11-7-9-13(10-8-11)12-5-3-2-4-6-12;;/h2-10H,1H2;1H;/q-1;;+2/p-1. The van der Waals surface area contributed by atoms with Crippen LogP contribution in [0, 0.1) is 6.92 Å². The number of halogens is 1. The molecule has 0 unspecified atom stereocenters. The van der Waals surface area contributed by atoms with Crippen LogP contribution in [0.4, 0.5) is 0 Å². The number of benzene rings is 2. The monoisotopic (exact) mass is 266 g/mol. The van der Waals surface area contributed by atoms with Gasteiger partial charge < -0.3 is 12.4 Å². The van der Waals surface area contributed by atoms with Crippen molar-refractivity contribution in [1.82, 2.24) is 0 Å². The summed E-state index contributed by atoms with van der Waals surface area (Å²) in [5.41, 5.74) is 3.55. The van der Waals surface area contributed by atoms with Crippen LogP contribution in [-0.2, 0) is 19.5 Å². The first-order valence-electron chi connectivity index (χ1n) is 4.34. The van der Waals surface area contributed by atoms with Crippen LogP contribution in [0.5, 0.6) is 0 Å². The third-order valence-corrected chi connectivity index (χ3v) is 2.06. The van der Waals surface area contributed by atoms with E-state index in [2.05, 4.69) is 31.2 Å². The number of hydrogen-bond donors (Lipinski definition) is 0. The van der Waals surface area contributed by atoms with Crippen molar-refractivity contribution in [3.63, 3.8) is 0 Å². The van der Waals surface area contributed by atoms with Gasteiger partial charge in [0.1, 0.15) is 0 Å². The van der Waals surface area contributed by atoms with Crippen molar-refractivity contribution in [2.24, 2.45) is 0 Å². The largest absolute Gasteiger partial charge is 2.00 e. The van der Waals surface area contributed by atoms with Crippen molar-refractivity contribution >= 4 is 0 Å². The molecule has 0 aliphatic heterocycles. The van der Waals surface area contributed by atoms with E-state index in [1.807, 2.05) is 30.3 Å². The van der Waals surface area contributed by atoms with Crippen LogP contribution in [0.2, 0.25) is 0 Å². The molecule has 0 bridgehead atoms. The second kappa shape index (κ2) is 6.66. The number of hydrogen-bond acceptors (Lipinski definition) is 0. The molecule has 0 aliphatic carbocycles. The molecule has 0 aromatic heterocycles. The maximum atomic E-state index is 3.86. The first-order valence-corrected chi connectivity index (χ1v) is 4.34. The van der Waals surface area contributed by atoms with Crippen LogP contribution in [0.15, 0.2) is 54.6 Å². The second-order valence-electron chi connectivity index (χ2n) is 3.06. The van der Waals surface area contributed by atoms with Crippen molar-refractivity contribution in [2.45, 2.75) is 0 Å². The van der Waals surface area contributed by atoms with Gasteiger partial charge in [-0.1, -0.05) is 30.3 Å². The first-order chi connectivity index (χ1) is 6.36. The van der Waals surface area contributed by atoms with E-state index in [4.69, 9.17) is 0 Å². The van der Waals surface area contributed by atoms with E-state index in [-0.39, 0.29) is 31.9 Å². The third kappa shape index (κ3) is 3.70. The van der Waals surface area contributed by atoms with E-state index in [1.54, 1.807) is 0 Å². The zero-order valence-electron chi connectivity index (χ0n) is 8.49. The van der Waals surface area contributed by atoms with Crippen LogP contribution in [0.3, 0.4) is 0 Å². The molecule has 72 valence electrons. The van der Waals surface area contributed by atoms with Gasteiger partial charge in [-0.25, -0.2) is 0 Å². The predicted molar refractivity (Wildman–Crippen MR) is 56.3 cm³/mol. The topological polar surface area (TPSA) is 0 Å². The zero-order valence-corrected chi connectivity index (χ0v) is 12.2. The third-order valence-electron chi connectivity index (χ3n) is 2.06. The van der Waals surface area contributed by atoms with E-state index < -0.39 is 0 Å². The van der Waals surface area contributed by atoms with Gasteiger partial charge in [-0.15, -0.1) is 12.1 Å². The minimum Gasteiger partial charge on any atom is -1.00 e.